The molecule has 0 bridgehead atoms. The summed E-state index contributed by atoms with van der Waals surface area (Å²) in [7, 11) is -3.69. The van der Waals surface area contributed by atoms with Crippen molar-refractivity contribution in [3.05, 3.63) is 36.5 Å². The molecule has 0 saturated heterocycles. The van der Waals surface area contributed by atoms with Crippen LogP contribution >= 0.6 is 12.4 Å². The fraction of sp³-hybridized carbons (Fsp3) is 0.400. The van der Waals surface area contributed by atoms with Crippen LogP contribution in [0.15, 0.2) is 45.9 Å². The summed E-state index contributed by atoms with van der Waals surface area (Å²) < 4.78 is 32.9. The maximum atomic E-state index is 12.6. The molecule has 3 N–H and O–H groups in total. The summed E-state index contributed by atoms with van der Waals surface area (Å²) in [5.41, 5.74) is 6.09. The Morgan fingerprint density at radius 2 is 1.87 bits per heavy atom. The Hall–Kier alpha value is -1.41. The maximum Gasteiger partial charge on any atom is 0.241 e. The van der Waals surface area contributed by atoms with E-state index in [0.717, 1.165) is 0 Å². The second kappa shape index (κ2) is 7.92. The van der Waals surface area contributed by atoms with Crippen LogP contribution in [-0.4, -0.2) is 25.7 Å². The fourth-order valence-electron chi connectivity index (χ4n) is 2.08. The van der Waals surface area contributed by atoms with Gasteiger partial charge in [-0.05, 0) is 25.0 Å². The topological polar surface area (TPSA) is 98.2 Å². The Morgan fingerprint density at radius 1 is 1.22 bits per heavy atom. The van der Waals surface area contributed by atoms with Gasteiger partial charge in [0.1, 0.15) is 0 Å². The number of hydrogen-bond donors (Lipinski definition) is 2. The van der Waals surface area contributed by atoms with Crippen molar-refractivity contribution in [3.8, 4) is 11.3 Å². The summed E-state index contributed by atoms with van der Waals surface area (Å²) in [5.74, 6) is 0.408. The Bertz CT molecular complexity index is 713. The smallest absolute Gasteiger partial charge is 0.241 e. The average molecular weight is 360 g/mol. The number of halogens is 1. The van der Waals surface area contributed by atoms with E-state index in [0.29, 0.717) is 24.2 Å². The number of hydrogen-bond acceptors (Lipinski definition) is 5. The molecule has 0 aliphatic carbocycles. The first-order valence-corrected chi connectivity index (χ1v) is 8.69. The van der Waals surface area contributed by atoms with Crippen LogP contribution in [0.5, 0.6) is 0 Å². The van der Waals surface area contributed by atoms with Crippen LogP contribution in [0.3, 0.4) is 0 Å². The van der Waals surface area contributed by atoms with E-state index in [2.05, 4.69) is 9.88 Å². The average Bonchev–Trinajstić information content (AvgIpc) is 3.07. The van der Waals surface area contributed by atoms with Gasteiger partial charge in [0.2, 0.25) is 10.0 Å². The van der Waals surface area contributed by atoms with E-state index >= 15 is 0 Å². The fourth-order valence-corrected chi connectivity index (χ4v) is 3.42. The molecule has 0 aliphatic heterocycles. The summed E-state index contributed by atoms with van der Waals surface area (Å²) in [5, 5.41) is 3.62. The van der Waals surface area contributed by atoms with Crippen LogP contribution < -0.4 is 10.5 Å². The zero-order valence-corrected chi connectivity index (χ0v) is 14.8. The van der Waals surface area contributed by atoms with E-state index < -0.39 is 15.6 Å². The van der Waals surface area contributed by atoms with Gasteiger partial charge in [-0.15, -0.1) is 12.4 Å². The lowest BCUT2D eigenvalue weighted by atomic mass is 9.95. The summed E-state index contributed by atoms with van der Waals surface area (Å²) in [6.45, 7) is 4.08. The van der Waals surface area contributed by atoms with Crippen molar-refractivity contribution in [2.45, 2.75) is 37.1 Å². The number of sulfonamides is 1. The molecular weight excluding hydrogens is 338 g/mol. The van der Waals surface area contributed by atoms with E-state index in [9.17, 15) is 8.42 Å². The number of nitrogens with two attached hydrogens (primary N) is 1. The van der Waals surface area contributed by atoms with Crippen molar-refractivity contribution in [2.75, 3.05) is 6.54 Å². The molecule has 6 nitrogen and oxygen atoms in total. The van der Waals surface area contributed by atoms with Crippen molar-refractivity contribution >= 4 is 22.4 Å². The highest BCUT2D eigenvalue weighted by Crippen LogP contribution is 2.26. The lowest BCUT2D eigenvalue weighted by Gasteiger charge is -2.26. The molecular formula is C15H22ClN3O3S. The van der Waals surface area contributed by atoms with Gasteiger partial charge in [0, 0.05) is 23.7 Å². The van der Waals surface area contributed by atoms with Crippen LogP contribution in [0.1, 0.15) is 26.7 Å². The Labute approximate surface area is 142 Å². The minimum atomic E-state index is -3.69. The largest absolute Gasteiger partial charge is 0.356 e. The third-order valence-corrected chi connectivity index (χ3v) is 5.36. The third kappa shape index (κ3) is 4.54. The lowest BCUT2D eigenvalue weighted by molar-refractivity contribution is 0.391. The Balaban J connectivity index is 0.00000264. The normalized spacial score (nSPS) is 12.0. The van der Waals surface area contributed by atoms with Gasteiger partial charge in [0.25, 0.3) is 0 Å². The number of nitrogens with zero attached hydrogens (tertiary/aromatic N) is 1. The predicted molar refractivity (Wildman–Crippen MR) is 91.9 cm³/mol. The van der Waals surface area contributed by atoms with E-state index in [1.54, 1.807) is 24.3 Å². The standard InChI is InChI=1S/C15H21N3O3S.ClH/c1-3-15(16,4-2)11-18-22(19,20)14-8-6-5-7-12(14)13-9-10-17-21-13;/h5-10,18H,3-4,11,16H2,1-2H3;1H. The first kappa shape index (κ1) is 19.6. The highest BCUT2D eigenvalue weighted by atomic mass is 35.5. The van der Waals surface area contributed by atoms with Crippen molar-refractivity contribution in [3.63, 3.8) is 0 Å². The molecule has 23 heavy (non-hydrogen) atoms. The summed E-state index contributed by atoms with van der Waals surface area (Å²) in [4.78, 5) is 0.154. The SMILES string of the molecule is CCC(N)(CC)CNS(=O)(=O)c1ccccc1-c1ccno1.Cl. The molecule has 0 unspecified atom stereocenters. The molecule has 0 spiro atoms. The first-order chi connectivity index (χ1) is 10.4. The van der Waals surface area contributed by atoms with E-state index in [1.807, 2.05) is 13.8 Å². The molecule has 128 valence electrons. The zero-order chi connectivity index (χ0) is 16.2. The highest BCUT2D eigenvalue weighted by Gasteiger charge is 2.26. The summed E-state index contributed by atoms with van der Waals surface area (Å²) in [6.07, 6.45) is 2.86. The van der Waals surface area contributed by atoms with Crippen molar-refractivity contribution in [2.24, 2.45) is 5.73 Å². The second-order valence-electron chi connectivity index (χ2n) is 5.27. The highest BCUT2D eigenvalue weighted by molar-refractivity contribution is 7.89. The lowest BCUT2D eigenvalue weighted by Crippen LogP contribution is -2.49. The van der Waals surface area contributed by atoms with Gasteiger partial charge in [-0.1, -0.05) is 31.1 Å². The molecule has 0 atom stereocenters. The Kier molecular flexibility index (Phi) is 6.76. The Morgan fingerprint density at radius 3 is 2.43 bits per heavy atom. The number of nitrogens with one attached hydrogen (secondary N) is 1. The predicted octanol–water partition coefficient (Wildman–Crippen LogP) is 2.56. The monoisotopic (exact) mass is 359 g/mol. The molecule has 2 aromatic rings. The van der Waals surface area contributed by atoms with Crippen LogP contribution in [0.2, 0.25) is 0 Å². The molecule has 0 aliphatic rings. The van der Waals surface area contributed by atoms with Crippen LogP contribution in [0.25, 0.3) is 11.3 Å². The second-order valence-corrected chi connectivity index (χ2v) is 7.00. The molecule has 8 heteroatoms. The maximum absolute atomic E-state index is 12.6. The molecule has 0 saturated carbocycles. The molecule has 1 aromatic carbocycles. The summed E-state index contributed by atoms with van der Waals surface area (Å²) in [6, 6.07) is 8.27. The zero-order valence-electron chi connectivity index (χ0n) is 13.2. The van der Waals surface area contributed by atoms with Crippen molar-refractivity contribution in [1.29, 1.82) is 0 Å². The number of rotatable bonds is 7. The van der Waals surface area contributed by atoms with Crippen molar-refractivity contribution < 1.29 is 12.9 Å². The molecule has 1 aromatic heterocycles. The summed E-state index contributed by atoms with van der Waals surface area (Å²) >= 11 is 0. The van der Waals surface area contributed by atoms with Gasteiger partial charge in [0.15, 0.2) is 5.76 Å². The van der Waals surface area contributed by atoms with Gasteiger partial charge >= 0.3 is 0 Å². The first-order valence-electron chi connectivity index (χ1n) is 7.20. The van der Waals surface area contributed by atoms with Gasteiger partial charge in [0.05, 0.1) is 11.1 Å². The minimum Gasteiger partial charge on any atom is -0.356 e. The van der Waals surface area contributed by atoms with Crippen molar-refractivity contribution in [1.82, 2.24) is 9.88 Å². The van der Waals surface area contributed by atoms with E-state index in [-0.39, 0.29) is 23.8 Å². The minimum absolute atomic E-state index is 0. The van der Waals surface area contributed by atoms with Crippen LogP contribution in [-0.2, 0) is 10.0 Å². The third-order valence-electron chi connectivity index (χ3n) is 3.90. The van der Waals surface area contributed by atoms with Gasteiger partial charge in [-0.2, -0.15) is 0 Å². The van der Waals surface area contributed by atoms with E-state index in [1.165, 1.54) is 12.3 Å². The van der Waals surface area contributed by atoms with Gasteiger partial charge in [-0.3, -0.25) is 0 Å². The number of benzene rings is 1. The van der Waals surface area contributed by atoms with Gasteiger partial charge < -0.3 is 10.3 Å². The molecule has 2 rings (SSSR count). The molecule has 0 amide bonds. The molecule has 1 heterocycles. The van der Waals surface area contributed by atoms with Crippen LogP contribution in [0, 0.1) is 0 Å². The van der Waals surface area contributed by atoms with Gasteiger partial charge in [-0.25, -0.2) is 13.1 Å². The quantitative estimate of drug-likeness (QED) is 0.791. The van der Waals surface area contributed by atoms with Crippen LogP contribution in [0.4, 0.5) is 0 Å². The molecule has 0 fully saturated rings. The van der Waals surface area contributed by atoms with E-state index in [4.69, 9.17) is 10.3 Å². The number of aromatic nitrogens is 1. The molecule has 0 radical (unpaired) electrons.